The molecule has 1 unspecified atom stereocenters. The highest BCUT2D eigenvalue weighted by atomic mass is 19.4. The first kappa shape index (κ1) is 6.65. The highest BCUT2D eigenvalue weighted by Gasteiger charge is 2.34. The molecule has 1 aliphatic carbocycles. The van der Waals surface area contributed by atoms with Gasteiger partial charge in [0.25, 0.3) is 0 Å². The monoisotopic (exact) mass is 136 g/mol. The summed E-state index contributed by atoms with van der Waals surface area (Å²) >= 11 is 0. The average molecular weight is 136 g/mol. The van der Waals surface area contributed by atoms with Crippen LogP contribution in [0.1, 0.15) is 13.3 Å². The molecule has 0 amide bonds. The Bertz CT molecular complexity index is 143. The van der Waals surface area contributed by atoms with E-state index in [4.69, 9.17) is 0 Å². The first-order valence-corrected chi connectivity index (χ1v) is 2.76. The second kappa shape index (κ2) is 1.75. The van der Waals surface area contributed by atoms with Crippen LogP contribution in [0.15, 0.2) is 11.6 Å². The van der Waals surface area contributed by atoms with E-state index in [9.17, 15) is 13.2 Å². The van der Waals surface area contributed by atoms with Crippen molar-refractivity contribution in [3.63, 3.8) is 0 Å². The molecule has 1 atom stereocenters. The zero-order chi connectivity index (χ0) is 7.07. The molecule has 0 radical (unpaired) electrons. The predicted octanol–water partition coefficient (Wildman–Crippen LogP) is 2.51. The van der Waals surface area contributed by atoms with Crippen molar-refractivity contribution in [1.82, 2.24) is 0 Å². The van der Waals surface area contributed by atoms with E-state index >= 15 is 0 Å². The van der Waals surface area contributed by atoms with Crippen molar-refractivity contribution in [1.29, 1.82) is 0 Å². The quantitative estimate of drug-likeness (QED) is 0.486. The van der Waals surface area contributed by atoms with E-state index in [1.807, 2.05) is 0 Å². The van der Waals surface area contributed by atoms with E-state index in [0.717, 1.165) is 0 Å². The van der Waals surface area contributed by atoms with Gasteiger partial charge < -0.3 is 0 Å². The van der Waals surface area contributed by atoms with Crippen LogP contribution in [0.3, 0.4) is 0 Å². The standard InChI is InChI=1S/C6H7F3/c1-4-2-5(4)3-6(7,8)9/h2,4H,3H2,1H3. The Balaban J connectivity index is 2.28. The third-order valence-corrected chi connectivity index (χ3v) is 1.34. The number of hydrogen-bond donors (Lipinski definition) is 0. The van der Waals surface area contributed by atoms with Crippen LogP contribution in [0.25, 0.3) is 0 Å². The van der Waals surface area contributed by atoms with Crippen molar-refractivity contribution in [2.75, 3.05) is 0 Å². The number of halogens is 3. The zero-order valence-electron chi connectivity index (χ0n) is 5.00. The predicted molar refractivity (Wildman–Crippen MR) is 27.9 cm³/mol. The Morgan fingerprint density at radius 2 is 2.00 bits per heavy atom. The van der Waals surface area contributed by atoms with Gasteiger partial charge in [-0.05, 0) is 5.92 Å². The molecule has 0 bridgehead atoms. The van der Waals surface area contributed by atoms with Gasteiger partial charge in [0.05, 0.1) is 6.42 Å². The molecular weight excluding hydrogens is 129 g/mol. The molecule has 0 N–H and O–H groups in total. The van der Waals surface area contributed by atoms with Gasteiger partial charge in [-0.1, -0.05) is 18.6 Å². The second-order valence-corrected chi connectivity index (χ2v) is 2.32. The highest BCUT2D eigenvalue weighted by molar-refractivity contribution is 5.28. The van der Waals surface area contributed by atoms with Crippen molar-refractivity contribution >= 4 is 0 Å². The lowest BCUT2D eigenvalue weighted by Crippen LogP contribution is -2.05. The minimum atomic E-state index is -4.00. The van der Waals surface area contributed by atoms with Gasteiger partial charge in [0.2, 0.25) is 0 Å². The van der Waals surface area contributed by atoms with Gasteiger partial charge in [0, 0.05) is 0 Å². The molecule has 52 valence electrons. The highest BCUT2D eigenvalue weighted by Crippen LogP contribution is 2.37. The molecule has 0 fully saturated rings. The van der Waals surface area contributed by atoms with Gasteiger partial charge in [-0.15, -0.1) is 0 Å². The van der Waals surface area contributed by atoms with Crippen molar-refractivity contribution in [3.8, 4) is 0 Å². The molecule has 0 heterocycles. The van der Waals surface area contributed by atoms with Gasteiger partial charge in [-0.2, -0.15) is 13.2 Å². The maximum Gasteiger partial charge on any atom is 0.392 e. The molecule has 3 heteroatoms. The second-order valence-electron chi connectivity index (χ2n) is 2.32. The zero-order valence-corrected chi connectivity index (χ0v) is 5.00. The number of rotatable bonds is 1. The number of allylic oxidation sites excluding steroid dienone is 2. The van der Waals surface area contributed by atoms with Crippen LogP contribution >= 0.6 is 0 Å². The summed E-state index contributed by atoms with van der Waals surface area (Å²) in [6.45, 7) is 1.76. The van der Waals surface area contributed by atoms with Gasteiger partial charge in [-0.25, -0.2) is 0 Å². The fourth-order valence-electron chi connectivity index (χ4n) is 0.724. The smallest absolute Gasteiger partial charge is 0.171 e. The summed E-state index contributed by atoms with van der Waals surface area (Å²) in [5, 5.41) is 0. The molecule has 1 rings (SSSR count). The third kappa shape index (κ3) is 2.08. The lowest BCUT2D eigenvalue weighted by molar-refractivity contribution is -0.126. The molecule has 0 aromatic rings. The lowest BCUT2D eigenvalue weighted by atomic mass is 10.2. The molecule has 0 aromatic heterocycles. The molecule has 0 aromatic carbocycles. The van der Waals surface area contributed by atoms with Crippen LogP contribution in [0, 0.1) is 5.92 Å². The van der Waals surface area contributed by atoms with Crippen molar-refractivity contribution in [2.24, 2.45) is 5.92 Å². The summed E-state index contributed by atoms with van der Waals surface area (Å²) in [5.41, 5.74) is 0.530. The van der Waals surface area contributed by atoms with Crippen LogP contribution in [0.4, 0.5) is 13.2 Å². The Hall–Kier alpha value is -0.470. The largest absolute Gasteiger partial charge is 0.392 e. The normalized spacial score (nSPS) is 25.8. The maximum absolute atomic E-state index is 11.5. The van der Waals surface area contributed by atoms with E-state index in [-0.39, 0.29) is 5.92 Å². The summed E-state index contributed by atoms with van der Waals surface area (Å²) in [5.74, 6) is 0.103. The fraction of sp³-hybridized carbons (Fsp3) is 0.667. The SMILES string of the molecule is CC1C=C1CC(F)(F)F. The topological polar surface area (TPSA) is 0 Å². The van der Waals surface area contributed by atoms with E-state index in [1.54, 1.807) is 13.0 Å². The summed E-state index contributed by atoms with van der Waals surface area (Å²) in [6, 6.07) is 0. The number of alkyl halides is 3. The summed E-state index contributed by atoms with van der Waals surface area (Å²) < 4.78 is 34.4. The number of hydrogen-bond acceptors (Lipinski definition) is 0. The van der Waals surface area contributed by atoms with E-state index in [0.29, 0.717) is 5.57 Å². The van der Waals surface area contributed by atoms with Crippen molar-refractivity contribution < 1.29 is 13.2 Å². The Kier molecular flexibility index (Phi) is 1.30. The average Bonchev–Trinajstić information content (AvgIpc) is 2.13. The van der Waals surface area contributed by atoms with Crippen LogP contribution < -0.4 is 0 Å². The Labute approximate surface area is 51.4 Å². The summed E-state index contributed by atoms with van der Waals surface area (Å²) in [4.78, 5) is 0. The molecule has 9 heavy (non-hydrogen) atoms. The minimum absolute atomic E-state index is 0.103. The van der Waals surface area contributed by atoms with Crippen LogP contribution in [0.5, 0.6) is 0 Å². The van der Waals surface area contributed by atoms with Crippen LogP contribution in [-0.4, -0.2) is 6.18 Å². The summed E-state index contributed by atoms with van der Waals surface area (Å²) in [7, 11) is 0. The van der Waals surface area contributed by atoms with E-state index in [2.05, 4.69) is 0 Å². The van der Waals surface area contributed by atoms with E-state index in [1.165, 1.54) is 0 Å². The van der Waals surface area contributed by atoms with Gasteiger partial charge in [-0.3, -0.25) is 0 Å². The van der Waals surface area contributed by atoms with Crippen molar-refractivity contribution in [2.45, 2.75) is 19.5 Å². The minimum Gasteiger partial charge on any atom is -0.171 e. The molecular formula is C6H7F3. The van der Waals surface area contributed by atoms with Crippen molar-refractivity contribution in [3.05, 3.63) is 11.6 Å². The lowest BCUT2D eigenvalue weighted by Gasteiger charge is -2.01. The molecule has 1 aliphatic rings. The first-order valence-electron chi connectivity index (χ1n) is 2.76. The molecule has 0 saturated carbocycles. The van der Waals surface area contributed by atoms with Gasteiger partial charge in [0.15, 0.2) is 0 Å². The Morgan fingerprint density at radius 1 is 1.56 bits per heavy atom. The Morgan fingerprint density at radius 3 is 2.11 bits per heavy atom. The van der Waals surface area contributed by atoms with Gasteiger partial charge >= 0.3 is 6.18 Å². The molecule has 0 saturated heterocycles. The third-order valence-electron chi connectivity index (χ3n) is 1.34. The van der Waals surface area contributed by atoms with Crippen LogP contribution in [0.2, 0.25) is 0 Å². The first-order chi connectivity index (χ1) is 3.99. The molecule has 0 nitrogen and oxygen atoms in total. The maximum atomic E-state index is 11.5. The van der Waals surface area contributed by atoms with Crippen LogP contribution in [-0.2, 0) is 0 Å². The summed E-state index contributed by atoms with van der Waals surface area (Å²) in [6.07, 6.45) is -3.09. The van der Waals surface area contributed by atoms with E-state index < -0.39 is 12.6 Å². The fourth-order valence-corrected chi connectivity index (χ4v) is 0.724. The molecule has 0 spiro atoms. The molecule has 0 aliphatic heterocycles. The van der Waals surface area contributed by atoms with Gasteiger partial charge in [0.1, 0.15) is 0 Å².